The second-order valence-electron chi connectivity index (χ2n) is 6.60. The van der Waals surface area contributed by atoms with E-state index in [-0.39, 0.29) is 17.4 Å². The highest BCUT2D eigenvalue weighted by atomic mass is 32.1. The van der Waals surface area contributed by atoms with Gasteiger partial charge in [-0.25, -0.2) is 4.98 Å². The summed E-state index contributed by atoms with van der Waals surface area (Å²) in [6.07, 6.45) is 2.19. The van der Waals surface area contributed by atoms with Gasteiger partial charge in [-0.1, -0.05) is 33.3 Å². The van der Waals surface area contributed by atoms with Crippen molar-refractivity contribution in [3.8, 4) is 16.5 Å². The highest BCUT2D eigenvalue weighted by Crippen LogP contribution is 2.27. The monoisotopic (exact) mass is 385 g/mol. The van der Waals surface area contributed by atoms with E-state index >= 15 is 0 Å². The van der Waals surface area contributed by atoms with Crippen molar-refractivity contribution in [2.75, 3.05) is 5.32 Å². The average molecular weight is 385 g/mol. The molecule has 0 aliphatic heterocycles. The van der Waals surface area contributed by atoms with Gasteiger partial charge in [0.1, 0.15) is 11.5 Å². The SMILES string of the molecule is CCCCC(=O)Nc1cc(-c2cccs2)nn1-c1nc(C(C)C)cc(=O)[nH]1. The number of nitrogens with one attached hydrogen (secondary N) is 2. The second-order valence-corrected chi connectivity index (χ2v) is 7.55. The first-order chi connectivity index (χ1) is 13.0. The van der Waals surface area contributed by atoms with Gasteiger partial charge in [0, 0.05) is 18.6 Å². The van der Waals surface area contributed by atoms with E-state index in [0.717, 1.165) is 17.7 Å². The van der Waals surface area contributed by atoms with Gasteiger partial charge in [0.25, 0.3) is 5.56 Å². The number of rotatable bonds is 7. The molecular weight excluding hydrogens is 362 g/mol. The van der Waals surface area contributed by atoms with E-state index in [9.17, 15) is 9.59 Å². The summed E-state index contributed by atoms with van der Waals surface area (Å²) in [6, 6.07) is 7.19. The minimum absolute atomic E-state index is 0.0851. The number of thiophene rings is 1. The van der Waals surface area contributed by atoms with Crippen LogP contribution in [0.5, 0.6) is 0 Å². The maximum atomic E-state index is 12.3. The number of nitrogens with zero attached hydrogens (tertiary/aromatic N) is 3. The molecule has 0 bridgehead atoms. The van der Waals surface area contributed by atoms with Gasteiger partial charge in [0.15, 0.2) is 0 Å². The van der Waals surface area contributed by atoms with Crippen molar-refractivity contribution in [2.45, 2.75) is 46.0 Å². The number of carbonyl (C=O) groups excluding carboxylic acids is 1. The van der Waals surface area contributed by atoms with Gasteiger partial charge in [-0.2, -0.15) is 9.78 Å². The lowest BCUT2D eigenvalue weighted by atomic mass is 10.1. The summed E-state index contributed by atoms with van der Waals surface area (Å²) in [5.74, 6) is 0.794. The van der Waals surface area contributed by atoms with E-state index in [0.29, 0.717) is 29.6 Å². The fourth-order valence-corrected chi connectivity index (χ4v) is 3.26. The van der Waals surface area contributed by atoms with Gasteiger partial charge in [-0.3, -0.25) is 14.6 Å². The Balaban J connectivity index is 2.05. The molecule has 2 N–H and O–H groups in total. The van der Waals surface area contributed by atoms with Gasteiger partial charge >= 0.3 is 0 Å². The molecular formula is C19H23N5O2S. The Morgan fingerprint density at radius 3 is 2.85 bits per heavy atom. The summed E-state index contributed by atoms with van der Waals surface area (Å²) < 4.78 is 1.49. The van der Waals surface area contributed by atoms with Crippen LogP contribution in [-0.2, 0) is 4.79 Å². The van der Waals surface area contributed by atoms with Crippen molar-refractivity contribution < 1.29 is 4.79 Å². The predicted octanol–water partition coefficient (Wildman–Crippen LogP) is 3.94. The van der Waals surface area contributed by atoms with Crippen LogP contribution in [-0.4, -0.2) is 25.7 Å². The summed E-state index contributed by atoms with van der Waals surface area (Å²) in [7, 11) is 0. The quantitative estimate of drug-likeness (QED) is 0.644. The van der Waals surface area contributed by atoms with E-state index in [1.165, 1.54) is 10.7 Å². The molecule has 3 heterocycles. The molecule has 27 heavy (non-hydrogen) atoms. The minimum atomic E-state index is -0.250. The molecule has 0 spiro atoms. The molecule has 7 nitrogen and oxygen atoms in total. The summed E-state index contributed by atoms with van der Waals surface area (Å²) in [5.41, 5.74) is 1.14. The molecule has 3 rings (SSSR count). The minimum Gasteiger partial charge on any atom is -0.310 e. The number of anilines is 1. The standard InChI is InChI=1S/C19H23N5O2S/c1-4-5-8-17(25)21-16-10-14(15-7-6-9-27-15)23-24(16)19-20-13(12(2)3)11-18(26)22-19/h6-7,9-12H,4-5,8H2,1-3H3,(H,21,25)(H,20,22,26). The zero-order valence-corrected chi connectivity index (χ0v) is 16.5. The Morgan fingerprint density at radius 1 is 1.37 bits per heavy atom. The van der Waals surface area contributed by atoms with Crippen LogP contribution in [0, 0.1) is 0 Å². The number of aromatic nitrogens is 4. The second kappa shape index (κ2) is 8.30. The van der Waals surface area contributed by atoms with Crippen LogP contribution in [0.25, 0.3) is 16.5 Å². The van der Waals surface area contributed by atoms with Crippen LogP contribution in [0.1, 0.15) is 51.6 Å². The van der Waals surface area contributed by atoms with Crippen molar-refractivity contribution in [1.82, 2.24) is 19.7 Å². The molecule has 0 aliphatic rings. The Bertz CT molecular complexity index is 972. The number of H-pyrrole nitrogens is 1. The lowest BCUT2D eigenvalue weighted by Gasteiger charge is -2.10. The maximum Gasteiger partial charge on any atom is 0.252 e. The number of unbranched alkanes of at least 4 members (excludes halogenated alkanes) is 1. The van der Waals surface area contributed by atoms with Crippen molar-refractivity contribution in [3.63, 3.8) is 0 Å². The smallest absolute Gasteiger partial charge is 0.252 e. The van der Waals surface area contributed by atoms with Crippen LogP contribution < -0.4 is 10.9 Å². The number of amides is 1. The molecule has 8 heteroatoms. The zero-order chi connectivity index (χ0) is 19.4. The zero-order valence-electron chi connectivity index (χ0n) is 15.7. The van der Waals surface area contributed by atoms with E-state index < -0.39 is 0 Å². The molecule has 0 aromatic carbocycles. The van der Waals surface area contributed by atoms with Crippen LogP contribution >= 0.6 is 11.3 Å². The molecule has 3 aromatic heterocycles. The van der Waals surface area contributed by atoms with E-state index in [4.69, 9.17) is 0 Å². The molecule has 0 radical (unpaired) electrons. The third kappa shape index (κ3) is 4.51. The summed E-state index contributed by atoms with van der Waals surface area (Å²) in [6.45, 7) is 5.98. The van der Waals surface area contributed by atoms with Crippen molar-refractivity contribution in [3.05, 3.63) is 45.7 Å². The van der Waals surface area contributed by atoms with E-state index in [1.54, 1.807) is 17.4 Å². The molecule has 0 atom stereocenters. The van der Waals surface area contributed by atoms with Gasteiger partial charge in [0.05, 0.1) is 10.6 Å². The van der Waals surface area contributed by atoms with Crippen molar-refractivity contribution >= 4 is 23.1 Å². The molecule has 0 saturated heterocycles. The Labute approximate surface area is 161 Å². The Hall–Kier alpha value is -2.74. The topological polar surface area (TPSA) is 92.7 Å². The number of carbonyl (C=O) groups is 1. The highest BCUT2D eigenvalue weighted by Gasteiger charge is 2.17. The predicted molar refractivity (Wildman–Crippen MR) is 108 cm³/mol. The Kier molecular flexibility index (Phi) is 5.85. The van der Waals surface area contributed by atoms with Crippen LogP contribution in [0.15, 0.2) is 34.4 Å². The molecule has 3 aromatic rings. The summed E-state index contributed by atoms with van der Waals surface area (Å²) in [5, 5.41) is 9.44. The number of hydrogen-bond acceptors (Lipinski definition) is 5. The molecule has 0 unspecified atom stereocenters. The summed E-state index contributed by atoms with van der Waals surface area (Å²) >= 11 is 1.56. The lowest BCUT2D eigenvalue weighted by molar-refractivity contribution is -0.116. The first-order valence-electron chi connectivity index (χ1n) is 9.03. The van der Waals surface area contributed by atoms with Crippen LogP contribution in [0.2, 0.25) is 0 Å². The molecule has 0 aliphatic carbocycles. The normalized spacial score (nSPS) is 11.1. The molecule has 1 amide bonds. The van der Waals surface area contributed by atoms with Gasteiger partial charge in [-0.05, 0) is 23.8 Å². The first kappa shape index (κ1) is 19.0. The molecule has 0 fully saturated rings. The third-order valence-electron chi connectivity index (χ3n) is 4.05. The summed E-state index contributed by atoms with van der Waals surface area (Å²) in [4.78, 5) is 32.5. The third-order valence-corrected chi connectivity index (χ3v) is 4.94. The van der Waals surface area contributed by atoms with Crippen molar-refractivity contribution in [1.29, 1.82) is 0 Å². The van der Waals surface area contributed by atoms with Crippen LogP contribution in [0.3, 0.4) is 0 Å². The molecule has 0 saturated carbocycles. The largest absolute Gasteiger partial charge is 0.310 e. The average Bonchev–Trinajstić information content (AvgIpc) is 3.29. The van der Waals surface area contributed by atoms with Crippen LogP contribution in [0.4, 0.5) is 5.82 Å². The highest BCUT2D eigenvalue weighted by molar-refractivity contribution is 7.13. The van der Waals surface area contributed by atoms with E-state index in [2.05, 4.69) is 20.4 Å². The fraction of sp³-hybridized carbons (Fsp3) is 0.368. The van der Waals surface area contributed by atoms with Gasteiger partial charge in [0.2, 0.25) is 11.9 Å². The number of aromatic amines is 1. The van der Waals surface area contributed by atoms with Gasteiger partial charge < -0.3 is 5.32 Å². The Morgan fingerprint density at radius 2 is 2.19 bits per heavy atom. The first-order valence-corrected chi connectivity index (χ1v) is 9.91. The number of hydrogen-bond donors (Lipinski definition) is 2. The van der Waals surface area contributed by atoms with E-state index in [1.807, 2.05) is 38.3 Å². The maximum absolute atomic E-state index is 12.3. The van der Waals surface area contributed by atoms with Gasteiger partial charge in [-0.15, -0.1) is 11.3 Å². The fourth-order valence-electron chi connectivity index (χ4n) is 2.58. The lowest BCUT2D eigenvalue weighted by Crippen LogP contribution is -2.19. The molecule has 142 valence electrons. The van der Waals surface area contributed by atoms with Crippen molar-refractivity contribution in [2.24, 2.45) is 0 Å².